The number of nitrogens with one attached hydrogen (secondary N) is 2. The number of rotatable bonds is 4. The van der Waals surface area contributed by atoms with Crippen LogP contribution in [0.25, 0.3) is 0 Å². The van der Waals surface area contributed by atoms with E-state index in [4.69, 9.17) is 4.74 Å². The summed E-state index contributed by atoms with van der Waals surface area (Å²) >= 11 is 0. The van der Waals surface area contributed by atoms with Crippen molar-refractivity contribution in [2.45, 2.75) is 18.8 Å². The van der Waals surface area contributed by atoms with Crippen molar-refractivity contribution >= 4 is 17.6 Å². The van der Waals surface area contributed by atoms with E-state index in [0.717, 1.165) is 43.9 Å². The van der Waals surface area contributed by atoms with Crippen LogP contribution in [0.2, 0.25) is 0 Å². The van der Waals surface area contributed by atoms with Crippen LogP contribution in [0.5, 0.6) is 0 Å². The SMILES string of the molecule is c1cc(Nc2cc(C3CC3)[nH]n2)nc(N2CCOCC2)n1. The number of ether oxygens (including phenoxy) is 1. The molecule has 1 saturated carbocycles. The Morgan fingerprint density at radius 3 is 2.90 bits per heavy atom. The smallest absolute Gasteiger partial charge is 0.227 e. The number of morpholine rings is 1. The van der Waals surface area contributed by atoms with Gasteiger partial charge in [0, 0.05) is 37.0 Å². The minimum Gasteiger partial charge on any atom is -0.378 e. The normalized spacial score (nSPS) is 18.8. The van der Waals surface area contributed by atoms with Crippen molar-refractivity contribution in [1.29, 1.82) is 0 Å². The third-order valence-electron chi connectivity index (χ3n) is 3.81. The average molecular weight is 286 g/mol. The number of anilines is 3. The number of H-pyrrole nitrogens is 1. The lowest BCUT2D eigenvalue weighted by molar-refractivity contribution is 0.122. The summed E-state index contributed by atoms with van der Waals surface area (Å²) in [6, 6.07) is 3.92. The Kier molecular flexibility index (Phi) is 3.19. The van der Waals surface area contributed by atoms with Crippen LogP contribution in [0.15, 0.2) is 18.3 Å². The third kappa shape index (κ3) is 2.82. The zero-order chi connectivity index (χ0) is 14.1. The monoisotopic (exact) mass is 286 g/mol. The molecule has 110 valence electrons. The van der Waals surface area contributed by atoms with Crippen LogP contribution in [0.4, 0.5) is 17.6 Å². The lowest BCUT2D eigenvalue weighted by Gasteiger charge is -2.26. The molecule has 7 nitrogen and oxygen atoms in total. The van der Waals surface area contributed by atoms with E-state index in [-0.39, 0.29) is 0 Å². The summed E-state index contributed by atoms with van der Waals surface area (Å²) in [6.45, 7) is 3.12. The number of nitrogens with zero attached hydrogens (tertiary/aromatic N) is 4. The molecule has 0 bridgehead atoms. The number of aromatic amines is 1. The van der Waals surface area contributed by atoms with E-state index >= 15 is 0 Å². The second kappa shape index (κ2) is 5.33. The molecule has 1 aliphatic carbocycles. The Labute approximate surface area is 122 Å². The molecule has 0 amide bonds. The van der Waals surface area contributed by atoms with E-state index in [2.05, 4.69) is 36.4 Å². The molecule has 0 aromatic carbocycles. The van der Waals surface area contributed by atoms with Gasteiger partial charge >= 0.3 is 0 Å². The molecule has 7 heteroatoms. The highest BCUT2D eigenvalue weighted by Gasteiger charge is 2.25. The molecule has 0 spiro atoms. The van der Waals surface area contributed by atoms with Crippen molar-refractivity contribution in [3.05, 3.63) is 24.0 Å². The van der Waals surface area contributed by atoms with Crippen LogP contribution in [0.3, 0.4) is 0 Å². The predicted molar refractivity (Wildman–Crippen MR) is 78.9 cm³/mol. The van der Waals surface area contributed by atoms with Gasteiger partial charge in [-0.3, -0.25) is 5.10 Å². The molecular weight excluding hydrogens is 268 g/mol. The standard InChI is InChI=1S/C14H18N6O/c1-2-10(1)11-9-13(19-18-11)16-12-3-4-15-14(17-12)20-5-7-21-8-6-20/h3-4,9-10H,1-2,5-8H2,(H2,15,16,17,18,19). The quantitative estimate of drug-likeness (QED) is 0.890. The van der Waals surface area contributed by atoms with Gasteiger partial charge in [0.15, 0.2) is 5.82 Å². The average Bonchev–Trinajstić information content (AvgIpc) is 3.29. The fourth-order valence-corrected chi connectivity index (χ4v) is 2.47. The van der Waals surface area contributed by atoms with Gasteiger partial charge in [-0.2, -0.15) is 10.1 Å². The van der Waals surface area contributed by atoms with Gasteiger partial charge < -0.3 is 15.0 Å². The van der Waals surface area contributed by atoms with Crippen molar-refractivity contribution in [2.24, 2.45) is 0 Å². The van der Waals surface area contributed by atoms with Crippen LogP contribution in [0, 0.1) is 0 Å². The summed E-state index contributed by atoms with van der Waals surface area (Å²) in [5.74, 6) is 2.98. The van der Waals surface area contributed by atoms with E-state index in [9.17, 15) is 0 Å². The van der Waals surface area contributed by atoms with Gasteiger partial charge in [-0.05, 0) is 18.9 Å². The first kappa shape index (κ1) is 12.6. The molecule has 2 aliphatic rings. The number of hydrogen-bond donors (Lipinski definition) is 2. The largest absolute Gasteiger partial charge is 0.378 e. The Bertz CT molecular complexity index is 617. The van der Waals surface area contributed by atoms with Gasteiger partial charge in [0.25, 0.3) is 0 Å². The molecule has 0 radical (unpaired) electrons. The second-order valence-electron chi connectivity index (χ2n) is 5.45. The molecule has 21 heavy (non-hydrogen) atoms. The lowest BCUT2D eigenvalue weighted by Crippen LogP contribution is -2.37. The molecule has 2 fully saturated rings. The molecule has 2 aromatic rings. The highest BCUT2D eigenvalue weighted by atomic mass is 16.5. The Morgan fingerprint density at radius 2 is 2.10 bits per heavy atom. The van der Waals surface area contributed by atoms with E-state index in [0.29, 0.717) is 5.92 Å². The van der Waals surface area contributed by atoms with Crippen LogP contribution < -0.4 is 10.2 Å². The van der Waals surface area contributed by atoms with Gasteiger partial charge in [0.1, 0.15) is 5.82 Å². The molecule has 4 rings (SSSR count). The summed E-state index contributed by atoms with van der Waals surface area (Å²) in [5.41, 5.74) is 1.21. The van der Waals surface area contributed by atoms with Gasteiger partial charge in [-0.15, -0.1) is 0 Å². The molecule has 0 atom stereocenters. The minimum atomic E-state index is 0.669. The van der Waals surface area contributed by atoms with Crippen LogP contribution in [-0.2, 0) is 4.74 Å². The Morgan fingerprint density at radius 1 is 1.24 bits per heavy atom. The van der Waals surface area contributed by atoms with Crippen LogP contribution in [0.1, 0.15) is 24.5 Å². The van der Waals surface area contributed by atoms with E-state index in [1.54, 1.807) is 6.20 Å². The highest BCUT2D eigenvalue weighted by Crippen LogP contribution is 2.39. The first-order valence-corrected chi connectivity index (χ1v) is 7.36. The topological polar surface area (TPSA) is 79.0 Å². The van der Waals surface area contributed by atoms with Gasteiger partial charge in [0.2, 0.25) is 5.95 Å². The Hall–Kier alpha value is -2.15. The van der Waals surface area contributed by atoms with Crippen LogP contribution in [-0.4, -0.2) is 46.5 Å². The van der Waals surface area contributed by atoms with Crippen LogP contribution >= 0.6 is 0 Å². The van der Waals surface area contributed by atoms with Crippen molar-refractivity contribution in [1.82, 2.24) is 20.2 Å². The van der Waals surface area contributed by atoms with Gasteiger partial charge in [-0.25, -0.2) is 4.98 Å². The third-order valence-corrected chi connectivity index (χ3v) is 3.81. The number of aromatic nitrogens is 4. The fourth-order valence-electron chi connectivity index (χ4n) is 2.47. The Balaban J connectivity index is 1.48. The summed E-state index contributed by atoms with van der Waals surface area (Å²) in [7, 11) is 0. The maximum Gasteiger partial charge on any atom is 0.227 e. The van der Waals surface area contributed by atoms with E-state index < -0.39 is 0 Å². The molecule has 2 N–H and O–H groups in total. The molecule has 2 aromatic heterocycles. The minimum absolute atomic E-state index is 0.669. The number of hydrogen-bond acceptors (Lipinski definition) is 6. The summed E-state index contributed by atoms with van der Waals surface area (Å²) in [4.78, 5) is 11.0. The highest BCUT2D eigenvalue weighted by molar-refractivity contribution is 5.53. The van der Waals surface area contributed by atoms with Gasteiger partial charge in [-0.1, -0.05) is 0 Å². The first-order chi connectivity index (χ1) is 10.4. The second-order valence-corrected chi connectivity index (χ2v) is 5.45. The zero-order valence-electron chi connectivity index (χ0n) is 11.7. The van der Waals surface area contributed by atoms with Crippen molar-refractivity contribution < 1.29 is 4.74 Å². The lowest BCUT2D eigenvalue weighted by atomic mass is 10.3. The summed E-state index contributed by atoms with van der Waals surface area (Å²) < 4.78 is 5.35. The van der Waals surface area contributed by atoms with Crippen molar-refractivity contribution in [3.63, 3.8) is 0 Å². The molecule has 1 saturated heterocycles. The van der Waals surface area contributed by atoms with E-state index in [1.807, 2.05) is 6.07 Å². The summed E-state index contributed by atoms with van der Waals surface area (Å²) in [6.07, 6.45) is 4.29. The maximum atomic E-state index is 5.35. The fraction of sp³-hybridized carbons (Fsp3) is 0.500. The maximum absolute atomic E-state index is 5.35. The first-order valence-electron chi connectivity index (χ1n) is 7.36. The zero-order valence-corrected chi connectivity index (χ0v) is 11.7. The van der Waals surface area contributed by atoms with E-state index in [1.165, 1.54) is 18.5 Å². The van der Waals surface area contributed by atoms with Gasteiger partial charge in [0.05, 0.1) is 13.2 Å². The molecule has 0 unspecified atom stereocenters. The molecule has 1 aliphatic heterocycles. The predicted octanol–water partition coefficient (Wildman–Crippen LogP) is 1.66. The van der Waals surface area contributed by atoms with Crippen molar-refractivity contribution in [2.75, 3.05) is 36.5 Å². The molecule has 3 heterocycles. The molecular formula is C14H18N6O. The summed E-state index contributed by atoms with van der Waals surface area (Å²) in [5, 5.41) is 10.6. The van der Waals surface area contributed by atoms with Crippen molar-refractivity contribution in [3.8, 4) is 0 Å².